The van der Waals surface area contributed by atoms with Gasteiger partial charge in [-0.25, -0.2) is 0 Å². The summed E-state index contributed by atoms with van der Waals surface area (Å²) in [6.07, 6.45) is 0.925. The Labute approximate surface area is 69.3 Å². The average Bonchev–Trinajstić information content (AvgIpc) is 2.03. The van der Waals surface area contributed by atoms with Gasteiger partial charge in [-0.05, 0) is 12.1 Å². The van der Waals surface area contributed by atoms with Crippen molar-refractivity contribution in [1.29, 1.82) is 0 Å². The Balaban J connectivity index is 0.000001000. The molecule has 1 aromatic rings. The van der Waals surface area contributed by atoms with Crippen LogP contribution in [0.4, 0.5) is 0 Å². The van der Waals surface area contributed by atoms with E-state index in [0.29, 0.717) is 0 Å². The minimum Gasteiger partial charge on any atom is -0.0982 e. The summed E-state index contributed by atoms with van der Waals surface area (Å²) < 4.78 is 0. The second-order valence-electron chi connectivity index (χ2n) is 2.02. The maximum atomic E-state index is 3.04. The van der Waals surface area contributed by atoms with E-state index in [9.17, 15) is 0 Å². The maximum Gasteiger partial charge on any atom is 0.0245 e. The maximum absolute atomic E-state index is 3.04. The monoisotopic (exact) mass is 146 g/mol. The van der Waals surface area contributed by atoms with Crippen LogP contribution in [0.1, 0.15) is 26.3 Å². The molecule has 1 rings (SSSR count). The van der Waals surface area contributed by atoms with Gasteiger partial charge in [-0.3, -0.25) is 0 Å². The Morgan fingerprint density at radius 3 is 2.36 bits per heavy atom. The van der Waals surface area contributed by atoms with Crippen molar-refractivity contribution in [2.24, 2.45) is 0 Å². The molecule has 0 N–H and O–H groups in total. The fourth-order valence-corrected chi connectivity index (χ4v) is 0.712. The average molecular weight is 146 g/mol. The van der Waals surface area contributed by atoms with Gasteiger partial charge in [-0.1, -0.05) is 44.4 Å². The Morgan fingerprint density at radius 2 is 1.82 bits per heavy atom. The zero-order valence-corrected chi connectivity index (χ0v) is 6.09. The van der Waals surface area contributed by atoms with E-state index in [2.05, 4.69) is 18.8 Å². The van der Waals surface area contributed by atoms with E-state index in [1.165, 1.54) is 0 Å². The molecular weight excluding hydrogens is 132 g/mol. The SMILES string of the molecule is C.CCC#Cc1ccccc1. The molecule has 0 aliphatic rings. The molecule has 0 atom stereocenters. The van der Waals surface area contributed by atoms with E-state index in [4.69, 9.17) is 0 Å². The van der Waals surface area contributed by atoms with E-state index >= 15 is 0 Å². The molecule has 0 aliphatic heterocycles. The first-order valence-electron chi connectivity index (χ1n) is 3.47. The third-order valence-electron chi connectivity index (χ3n) is 1.18. The Morgan fingerprint density at radius 1 is 1.18 bits per heavy atom. The highest BCUT2D eigenvalue weighted by molar-refractivity contribution is 5.33. The lowest BCUT2D eigenvalue weighted by Crippen LogP contribution is -1.69. The minimum atomic E-state index is 0. The molecule has 58 valence electrons. The third-order valence-corrected chi connectivity index (χ3v) is 1.18. The van der Waals surface area contributed by atoms with Gasteiger partial charge in [0.2, 0.25) is 0 Å². The summed E-state index contributed by atoms with van der Waals surface area (Å²) in [6.45, 7) is 2.05. The second-order valence-corrected chi connectivity index (χ2v) is 2.02. The Bertz CT molecular complexity index is 236. The first-order valence-corrected chi connectivity index (χ1v) is 3.47. The fraction of sp³-hybridized carbons (Fsp3) is 0.273. The van der Waals surface area contributed by atoms with Crippen molar-refractivity contribution in [3.05, 3.63) is 35.9 Å². The van der Waals surface area contributed by atoms with Crippen LogP contribution >= 0.6 is 0 Å². The summed E-state index contributed by atoms with van der Waals surface area (Å²) in [5.74, 6) is 6.06. The highest BCUT2D eigenvalue weighted by Gasteiger charge is 1.78. The van der Waals surface area contributed by atoms with E-state index in [0.717, 1.165) is 12.0 Å². The van der Waals surface area contributed by atoms with Gasteiger partial charge in [-0.15, -0.1) is 0 Å². The number of rotatable bonds is 0. The van der Waals surface area contributed by atoms with Gasteiger partial charge in [0.25, 0.3) is 0 Å². The number of benzene rings is 1. The smallest absolute Gasteiger partial charge is 0.0245 e. The van der Waals surface area contributed by atoms with Crippen molar-refractivity contribution in [1.82, 2.24) is 0 Å². The largest absolute Gasteiger partial charge is 0.0982 e. The van der Waals surface area contributed by atoms with Gasteiger partial charge in [0, 0.05) is 12.0 Å². The summed E-state index contributed by atoms with van der Waals surface area (Å²) in [6, 6.07) is 10.0. The highest BCUT2D eigenvalue weighted by atomic mass is 13.8. The number of hydrogen-bond acceptors (Lipinski definition) is 0. The first-order chi connectivity index (χ1) is 4.93. The lowest BCUT2D eigenvalue weighted by atomic mass is 10.2. The van der Waals surface area contributed by atoms with Gasteiger partial charge in [0.1, 0.15) is 0 Å². The summed E-state index contributed by atoms with van der Waals surface area (Å²) in [5, 5.41) is 0. The van der Waals surface area contributed by atoms with Crippen molar-refractivity contribution in [2.75, 3.05) is 0 Å². The van der Waals surface area contributed by atoms with Gasteiger partial charge in [-0.2, -0.15) is 0 Å². The molecule has 0 radical (unpaired) electrons. The van der Waals surface area contributed by atoms with Gasteiger partial charge < -0.3 is 0 Å². The van der Waals surface area contributed by atoms with E-state index in [-0.39, 0.29) is 7.43 Å². The van der Waals surface area contributed by atoms with Crippen molar-refractivity contribution in [3.63, 3.8) is 0 Å². The fourth-order valence-electron chi connectivity index (χ4n) is 0.712. The lowest BCUT2D eigenvalue weighted by Gasteiger charge is -1.84. The molecule has 11 heavy (non-hydrogen) atoms. The topological polar surface area (TPSA) is 0 Å². The molecule has 0 bridgehead atoms. The molecule has 0 aromatic heterocycles. The second kappa shape index (κ2) is 5.56. The molecule has 1 aromatic carbocycles. The van der Waals surface area contributed by atoms with Crippen molar-refractivity contribution >= 4 is 0 Å². The van der Waals surface area contributed by atoms with E-state index < -0.39 is 0 Å². The van der Waals surface area contributed by atoms with Crippen LogP contribution in [0.25, 0.3) is 0 Å². The first kappa shape index (κ1) is 9.78. The third kappa shape index (κ3) is 3.47. The van der Waals surface area contributed by atoms with Crippen LogP contribution in [0.3, 0.4) is 0 Å². The lowest BCUT2D eigenvalue weighted by molar-refractivity contribution is 1.28. The zero-order valence-electron chi connectivity index (χ0n) is 6.09. The van der Waals surface area contributed by atoms with Crippen LogP contribution in [0.2, 0.25) is 0 Å². The number of hydrogen-bond donors (Lipinski definition) is 0. The van der Waals surface area contributed by atoms with Crippen molar-refractivity contribution in [3.8, 4) is 11.8 Å². The molecule has 0 heteroatoms. The van der Waals surface area contributed by atoms with Gasteiger partial charge in [0.05, 0.1) is 0 Å². The summed E-state index contributed by atoms with van der Waals surface area (Å²) >= 11 is 0. The molecule has 0 fully saturated rings. The molecule has 0 spiro atoms. The molecule has 0 unspecified atom stereocenters. The molecular formula is C11H14. The van der Waals surface area contributed by atoms with Crippen LogP contribution < -0.4 is 0 Å². The van der Waals surface area contributed by atoms with Gasteiger partial charge >= 0.3 is 0 Å². The molecule has 0 heterocycles. The standard InChI is InChI=1S/C10H10.CH4/c1-2-3-7-10-8-5-4-6-9-10;/h4-6,8-9H,2H2,1H3;1H4. The van der Waals surface area contributed by atoms with E-state index in [1.54, 1.807) is 0 Å². The van der Waals surface area contributed by atoms with Gasteiger partial charge in [0.15, 0.2) is 0 Å². The molecule has 0 saturated carbocycles. The van der Waals surface area contributed by atoms with Crippen LogP contribution in [-0.4, -0.2) is 0 Å². The Kier molecular flexibility index (Phi) is 4.94. The predicted octanol–water partition coefficient (Wildman–Crippen LogP) is 3.08. The van der Waals surface area contributed by atoms with Crippen LogP contribution in [0, 0.1) is 11.8 Å². The summed E-state index contributed by atoms with van der Waals surface area (Å²) in [4.78, 5) is 0. The van der Waals surface area contributed by atoms with Crippen LogP contribution in [-0.2, 0) is 0 Å². The van der Waals surface area contributed by atoms with E-state index in [1.807, 2.05) is 30.3 Å². The minimum absolute atomic E-state index is 0. The quantitative estimate of drug-likeness (QED) is 0.493. The summed E-state index contributed by atoms with van der Waals surface area (Å²) in [5.41, 5.74) is 1.10. The van der Waals surface area contributed by atoms with Crippen LogP contribution in [0.15, 0.2) is 30.3 Å². The summed E-state index contributed by atoms with van der Waals surface area (Å²) in [7, 11) is 0. The normalized spacial score (nSPS) is 7.36. The molecule has 0 amide bonds. The van der Waals surface area contributed by atoms with Crippen molar-refractivity contribution < 1.29 is 0 Å². The molecule has 0 nitrogen and oxygen atoms in total. The zero-order chi connectivity index (χ0) is 7.23. The molecule has 0 saturated heterocycles. The molecule has 0 aliphatic carbocycles. The van der Waals surface area contributed by atoms with Crippen LogP contribution in [0.5, 0.6) is 0 Å². The highest BCUT2D eigenvalue weighted by Crippen LogP contribution is 1.94. The Hall–Kier alpha value is -1.22. The predicted molar refractivity (Wildman–Crippen MR) is 50.3 cm³/mol. The van der Waals surface area contributed by atoms with Crippen molar-refractivity contribution in [2.45, 2.75) is 20.8 Å².